The van der Waals surface area contributed by atoms with E-state index in [1.807, 2.05) is 13.0 Å². The molecule has 19 heavy (non-hydrogen) atoms. The number of nitrogens with one attached hydrogen (secondary N) is 1. The minimum atomic E-state index is -0.338. The van der Waals surface area contributed by atoms with Gasteiger partial charge in [-0.15, -0.1) is 0 Å². The van der Waals surface area contributed by atoms with Crippen molar-refractivity contribution in [3.8, 4) is 5.75 Å². The number of benzene rings is 1. The molecule has 0 saturated carbocycles. The number of rotatable bonds is 9. The average molecular weight is 267 g/mol. The lowest BCUT2D eigenvalue weighted by Gasteiger charge is -2.10. The van der Waals surface area contributed by atoms with Gasteiger partial charge in [0.05, 0.1) is 6.61 Å². The molecule has 1 N–H and O–H groups in total. The number of ether oxygens (including phenoxy) is 2. The highest BCUT2D eigenvalue weighted by molar-refractivity contribution is 5.29. The standard InChI is InChI=1S/C15H22FNO2/c1-4-12(2)11-19-15-6-5-13(9-14(15)16)10-17-7-8-18-3/h5-6,9,17H,2,4,7-8,10-11H2,1,3H3. The van der Waals surface area contributed by atoms with E-state index in [2.05, 4.69) is 11.9 Å². The highest BCUT2D eigenvalue weighted by Gasteiger charge is 2.05. The molecular weight excluding hydrogens is 245 g/mol. The molecule has 0 saturated heterocycles. The van der Waals surface area contributed by atoms with E-state index >= 15 is 0 Å². The molecule has 0 aliphatic rings. The van der Waals surface area contributed by atoms with Crippen LogP contribution in [0.15, 0.2) is 30.4 Å². The molecule has 0 atom stereocenters. The molecule has 1 aromatic carbocycles. The number of hydrogen-bond acceptors (Lipinski definition) is 3. The Morgan fingerprint density at radius 3 is 2.84 bits per heavy atom. The van der Waals surface area contributed by atoms with E-state index in [9.17, 15) is 4.39 Å². The Morgan fingerprint density at radius 1 is 1.42 bits per heavy atom. The van der Waals surface area contributed by atoms with Gasteiger partial charge in [-0.1, -0.05) is 19.6 Å². The van der Waals surface area contributed by atoms with Crippen LogP contribution in [0.5, 0.6) is 5.75 Å². The second-order valence-electron chi connectivity index (χ2n) is 4.33. The molecule has 3 nitrogen and oxygen atoms in total. The first-order chi connectivity index (χ1) is 9.17. The Morgan fingerprint density at radius 2 is 2.21 bits per heavy atom. The summed E-state index contributed by atoms with van der Waals surface area (Å²) in [7, 11) is 1.65. The van der Waals surface area contributed by atoms with Crippen LogP contribution in [0.4, 0.5) is 4.39 Å². The fourth-order valence-electron chi connectivity index (χ4n) is 1.46. The van der Waals surface area contributed by atoms with E-state index in [-0.39, 0.29) is 11.6 Å². The lowest BCUT2D eigenvalue weighted by Crippen LogP contribution is -2.18. The van der Waals surface area contributed by atoms with Crippen molar-refractivity contribution in [1.29, 1.82) is 0 Å². The summed E-state index contributed by atoms with van der Waals surface area (Å²) in [6.45, 7) is 8.18. The molecule has 4 heteroatoms. The summed E-state index contributed by atoms with van der Waals surface area (Å²) in [5.74, 6) is -0.0646. The SMILES string of the molecule is C=C(CC)COc1ccc(CNCCOC)cc1F. The molecule has 0 radical (unpaired) electrons. The zero-order chi connectivity index (χ0) is 14.1. The predicted molar refractivity (Wildman–Crippen MR) is 74.9 cm³/mol. The van der Waals surface area contributed by atoms with Gasteiger partial charge in [0.1, 0.15) is 6.61 Å². The Balaban J connectivity index is 2.47. The molecule has 0 fully saturated rings. The van der Waals surface area contributed by atoms with Gasteiger partial charge in [0, 0.05) is 20.2 Å². The van der Waals surface area contributed by atoms with E-state index in [1.165, 1.54) is 6.07 Å². The largest absolute Gasteiger partial charge is 0.486 e. The lowest BCUT2D eigenvalue weighted by molar-refractivity contribution is 0.199. The fraction of sp³-hybridized carbons (Fsp3) is 0.467. The smallest absolute Gasteiger partial charge is 0.165 e. The van der Waals surface area contributed by atoms with E-state index in [1.54, 1.807) is 13.2 Å². The molecule has 0 amide bonds. The highest BCUT2D eigenvalue weighted by Crippen LogP contribution is 2.19. The van der Waals surface area contributed by atoms with Crippen molar-refractivity contribution in [1.82, 2.24) is 5.32 Å². The molecule has 1 aromatic rings. The second-order valence-corrected chi connectivity index (χ2v) is 4.33. The Kier molecular flexibility index (Phi) is 7.15. The van der Waals surface area contributed by atoms with Crippen LogP contribution in [0.3, 0.4) is 0 Å². The maximum atomic E-state index is 13.8. The van der Waals surface area contributed by atoms with E-state index in [0.717, 1.165) is 24.1 Å². The zero-order valence-electron chi connectivity index (χ0n) is 11.7. The van der Waals surface area contributed by atoms with Gasteiger partial charge in [0.25, 0.3) is 0 Å². The maximum absolute atomic E-state index is 13.8. The van der Waals surface area contributed by atoms with Crippen molar-refractivity contribution in [2.75, 3.05) is 26.9 Å². The van der Waals surface area contributed by atoms with Crippen LogP contribution in [0.1, 0.15) is 18.9 Å². The van der Waals surface area contributed by atoms with E-state index in [0.29, 0.717) is 19.8 Å². The third-order valence-corrected chi connectivity index (χ3v) is 2.74. The number of methoxy groups -OCH3 is 1. The van der Waals surface area contributed by atoms with Gasteiger partial charge in [-0.2, -0.15) is 0 Å². The first kappa shape index (κ1) is 15.7. The van der Waals surface area contributed by atoms with Crippen molar-refractivity contribution < 1.29 is 13.9 Å². The van der Waals surface area contributed by atoms with Gasteiger partial charge in [-0.25, -0.2) is 4.39 Å². The van der Waals surface area contributed by atoms with Gasteiger partial charge in [-0.3, -0.25) is 0 Å². The fourth-order valence-corrected chi connectivity index (χ4v) is 1.46. The lowest BCUT2D eigenvalue weighted by atomic mass is 10.2. The third-order valence-electron chi connectivity index (χ3n) is 2.74. The summed E-state index contributed by atoms with van der Waals surface area (Å²) in [6.07, 6.45) is 0.836. The van der Waals surface area contributed by atoms with Gasteiger partial charge in [-0.05, 0) is 29.7 Å². The third kappa shape index (κ3) is 5.85. The molecular formula is C15H22FNO2. The maximum Gasteiger partial charge on any atom is 0.165 e. The molecule has 0 aliphatic carbocycles. The normalized spacial score (nSPS) is 10.5. The molecule has 0 bridgehead atoms. The van der Waals surface area contributed by atoms with Gasteiger partial charge in [0.2, 0.25) is 0 Å². The predicted octanol–water partition coefficient (Wildman–Crippen LogP) is 2.91. The van der Waals surface area contributed by atoms with Crippen LogP contribution in [-0.2, 0) is 11.3 Å². The highest BCUT2D eigenvalue weighted by atomic mass is 19.1. The van der Waals surface area contributed by atoms with Crippen LogP contribution in [0.25, 0.3) is 0 Å². The topological polar surface area (TPSA) is 30.5 Å². The molecule has 0 unspecified atom stereocenters. The number of hydrogen-bond donors (Lipinski definition) is 1. The second kappa shape index (κ2) is 8.67. The zero-order valence-corrected chi connectivity index (χ0v) is 11.7. The summed E-state index contributed by atoms with van der Waals surface area (Å²) in [5, 5.41) is 3.16. The van der Waals surface area contributed by atoms with E-state index in [4.69, 9.17) is 9.47 Å². The summed E-state index contributed by atoms with van der Waals surface area (Å²) < 4.78 is 24.1. The van der Waals surface area contributed by atoms with Crippen LogP contribution in [-0.4, -0.2) is 26.9 Å². The number of halogens is 1. The van der Waals surface area contributed by atoms with Crippen LogP contribution in [0, 0.1) is 5.82 Å². The first-order valence-electron chi connectivity index (χ1n) is 6.45. The Hall–Kier alpha value is -1.39. The van der Waals surface area contributed by atoms with Crippen LogP contribution >= 0.6 is 0 Å². The quantitative estimate of drug-likeness (QED) is 0.551. The van der Waals surface area contributed by atoms with Gasteiger partial charge in [0.15, 0.2) is 11.6 Å². The summed E-state index contributed by atoms with van der Waals surface area (Å²) in [5.41, 5.74) is 1.83. The average Bonchev–Trinajstić information content (AvgIpc) is 2.42. The van der Waals surface area contributed by atoms with E-state index < -0.39 is 0 Å². The minimum Gasteiger partial charge on any atom is -0.486 e. The minimum absolute atomic E-state index is 0.273. The monoisotopic (exact) mass is 267 g/mol. The van der Waals surface area contributed by atoms with Crippen molar-refractivity contribution in [3.05, 3.63) is 41.7 Å². The van der Waals surface area contributed by atoms with Crippen molar-refractivity contribution >= 4 is 0 Å². The molecule has 106 valence electrons. The first-order valence-corrected chi connectivity index (χ1v) is 6.45. The summed E-state index contributed by atoms with van der Waals surface area (Å²) in [4.78, 5) is 0. The molecule has 1 rings (SSSR count). The van der Waals surface area contributed by atoms with Crippen molar-refractivity contribution in [2.24, 2.45) is 0 Å². The summed E-state index contributed by atoms with van der Waals surface area (Å²) in [6, 6.07) is 5.00. The van der Waals surface area contributed by atoms with Crippen LogP contribution in [0.2, 0.25) is 0 Å². The Labute approximate surface area is 114 Å². The summed E-state index contributed by atoms with van der Waals surface area (Å²) >= 11 is 0. The van der Waals surface area contributed by atoms with Crippen LogP contribution < -0.4 is 10.1 Å². The van der Waals surface area contributed by atoms with Gasteiger partial charge < -0.3 is 14.8 Å². The van der Waals surface area contributed by atoms with Crippen molar-refractivity contribution in [2.45, 2.75) is 19.9 Å². The van der Waals surface area contributed by atoms with Gasteiger partial charge >= 0.3 is 0 Å². The molecule has 0 aliphatic heterocycles. The Bertz CT molecular complexity index is 407. The molecule has 0 spiro atoms. The molecule has 0 heterocycles. The molecule has 0 aromatic heterocycles. The van der Waals surface area contributed by atoms with Crippen molar-refractivity contribution in [3.63, 3.8) is 0 Å².